The molecule has 0 atom stereocenters. The normalized spacial score (nSPS) is 13.9. The summed E-state index contributed by atoms with van der Waals surface area (Å²) >= 11 is 0. The molecule has 3 aromatic carbocycles. The fraction of sp³-hybridized carbons (Fsp3) is 0.233. The smallest absolute Gasteiger partial charge is 0.254 e. The van der Waals surface area contributed by atoms with E-state index in [9.17, 15) is 9.59 Å². The van der Waals surface area contributed by atoms with Gasteiger partial charge in [0.1, 0.15) is 12.4 Å². The van der Waals surface area contributed by atoms with Crippen LogP contribution >= 0.6 is 0 Å². The van der Waals surface area contributed by atoms with Gasteiger partial charge in [-0.25, -0.2) is 0 Å². The van der Waals surface area contributed by atoms with E-state index in [0.717, 1.165) is 33.3 Å². The van der Waals surface area contributed by atoms with Crippen LogP contribution in [-0.4, -0.2) is 34.8 Å². The van der Waals surface area contributed by atoms with Crippen molar-refractivity contribution in [3.8, 4) is 5.75 Å². The van der Waals surface area contributed by atoms with Gasteiger partial charge in [-0.1, -0.05) is 54.6 Å². The van der Waals surface area contributed by atoms with Crippen molar-refractivity contribution < 1.29 is 14.3 Å². The molecule has 4 aromatic rings. The Morgan fingerprint density at radius 1 is 0.917 bits per heavy atom. The number of hydrogen-bond acceptors (Lipinski definition) is 4. The van der Waals surface area contributed by atoms with Gasteiger partial charge < -0.3 is 15.0 Å². The molecule has 182 valence electrons. The molecule has 5 rings (SSSR count). The number of ether oxygens (including phenoxy) is 1. The number of nitrogens with zero attached hydrogens (tertiary/aromatic N) is 2. The lowest BCUT2D eigenvalue weighted by atomic mass is 9.94. The number of pyridine rings is 1. The molecule has 6 heteroatoms. The second-order valence-corrected chi connectivity index (χ2v) is 9.07. The number of benzene rings is 3. The summed E-state index contributed by atoms with van der Waals surface area (Å²) < 4.78 is 5.84. The zero-order valence-electron chi connectivity index (χ0n) is 20.1. The van der Waals surface area contributed by atoms with Crippen LogP contribution in [0.2, 0.25) is 0 Å². The summed E-state index contributed by atoms with van der Waals surface area (Å²) in [5.41, 5.74) is 2.56. The molecular weight excluding hydrogens is 450 g/mol. The highest BCUT2D eigenvalue weighted by molar-refractivity contribution is 6.07. The summed E-state index contributed by atoms with van der Waals surface area (Å²) in [6.45, 7) is 2.00. The first kappa shape index (κ1) is 23.5. The number of piperidine rings is 1. The third kappa shape index (κ3) is 5.54. The maximum Gasteiger partial charge on any atom is 0.254 e. The Bertz CT molecular complexity index is 1340. The third-order valence-corrected chi connectivity index (χ3v) is 6.65. The van der Waals surface area contributed by atoms with Crippen LogP contribution in [0.5, 0.6) is 5.75 Å². The Labute approximate surface area is 210 Å². The number of carbonyl (C=O) groups is 2. The van der Waals surface area contributed by atoms with Gasteiger partial charge in [0, 0.05) is 37.3 Å². The predicted molar refractivity (Wildman–Crippen MR) is 139 cm³/mol. The van der Waals surface area contributed by atoms with Crippen molar-refractivity contribution in [2.24, 2.45) is 5.92 Å². The van der Waals surface area contributed by atoms with Crippen molar-refractivity contribution in [2.75, 3.05) is 13.1 Å². The van der Waals surface area contributed by atoms with Crippen LogP contribution < -0.4 is 10.1 Å². The van der Waals surface area contributed by atoms with Crippen LogP contribution in [0, 0.1) is 5.92 Å². The average molecular weight is 480 g/mol. The molecule has 1 aliphatic rings. The zero-order valence-corrected chi connectivity index (χ0v) is 20.1. The second-order valence-electron chi connectivity index (χ2n) is 9.07. The second kappa shape index (κ2) is 11.0. The third-order valence-electron chi connectivity index (χ3n) is 6.65. The highest BCUT2D eigenvalue weighted by atomic mass is 16.5. The minimum atomic E-state index is -0.0924. The number of rotatable bonds is 7. The van der Waals surface area contributed by atoms with Gasteiger partial charge in [-0.3, -0.25) is 14.6 Å². The van der Waals surface area contributed by atoms with Gasteiger partial charge in [0.25, 0.3) is 5.91 Å². The Morgan fingerprint density at radius 2 is 1.69 bits per heavy atom. The van der Waals surface area contributed by atoms with Gasteiger partial charge in [-0.15, -0.1) is 0 Å². The van der Waals surface area contributed by atoms with Crippen LogP contribution in [0.1, 0.15) is 34.5 Å². The molecule has 1 aliphatic heterocycles. The summed E-state index contributed by atoms with van der Waals surface area (Å²) in [4.78, 5) is 32.2. The van der Waals surface area contributed by atoms with Crippen LogP contribution in [0.15, 0.2) is 91.1 Å². The van der Waals surface area contributed by atoms with Crippen molar-refractivity contribution in [1.82, 2.24) is 15.2 Å². The molecule has 0 radical (unpaired) electrons. The molecule has 0 bridgehead atoms. The minimum Gasteiger partial charge on any atom is -0.487 e. The minimum absolute atomic E-state index is 0.0343. The SMILES string of the molecule is O=C(NCc1cccc(OCc2ccccn2)c1)C1CCN(C(=O)c2cccc3ccccc23)CC1. The number of carbonyl (C=O) groups excluding carboxylic acids is 2. The molecule has 36 heavy (non-hydrogen) atoms. The number of hydrogen-bond donors (Lipinski definition) is 1. The topological polar surface area (TPSA) is 71.5 Å². The van der Waals surface area contributed by atoms with E-state index < -0.39 is 0 Å². The highest BCUT2D eigenvalue weighted by Gasteiger charge is 2.28. The summed E-state index contributed by atoms with van der Waals surface area (Å²) in [7, 11) is 0. The Balaban J connectivity index is 1.12. The molecule has 0 spiro atoms. The average Bonchev–Trinajstić information content (AvgIpc) is 2.95. The number of aromatic nitrogens is 1. The van der Waals surface area contributed by atoms with Gasteiger partial charge in [0.15, 0.2) is 0 Å². The fourth-order valence-corrected chi connectivity index (χ4v) is 4.65. The number of amides is 2. The molecule has 6 nitrogen and oxygen atoms in total. The number of nitrogens with one attached hydrogen (secondary N) is 1. The lowest BCUT2D eigenvalue weighted by molar-refractivity contribution is -0.126. The van der Waals surface area contributed by atoms with E-state index in [1.54, 1.807) is 6.20 Å². The van der Waals surface area contributed by atoms with Gasteiger partial charge in [0.05, 0.1) is 5.69 Å². The standard InChI is InChI=1S/C30H29N3O3/c34-29(32-20-22-7-5-11-26(19-22)36-21-25-10-3-4-16-31-25)24-14-17-33(18-15-24)30(35)28-13-6-9-23-8-1-2-12-27(23)28/h1-13,16,19,24H,14-15,17-18,20-21H2,(H,32,34). The van der Waals surface area contributed by atoms with Gasteiger partial charge in [-0.2, -0.15) is 0 Å². The van der Waals surface area contributed by atoms with E-state index in [-0.39, 0.29) is 17.7 Å². The predicted octanol–water partition coefficient (Wildman–Crippen LogP) is 4.98. The van der Waals surface area contributed by atoms with Crippen LogP contribution in [-0.2, 0) is 17.9 Å². The lowest BCUT2D eigenvalue weighted by Crippen LogP contribution is -2.43. The molecular formula is C30H29N3O3. The Kier molecular flexibility index (Phi) is 7.22. The molecule has 1 saturated heterocycles. The summed E-state index contributed by atoms with van der Waals surface area (Å²) in [6.07, 6.45) is 3.07. The molecule has 2 amide bonds. The fourth-order valence-electron chi connectivity index (χ4n) is 4.65. The van der Waals surface area contributed by atoms with Crippen LogP contribution in [0.25, 0.3) is 10.8 Å². The summed E-state index contributed by atoms with van der Waals surface area (Å²) in [5, 5.41) is 5.09. The van der Waals surface area contributed by atoms with Crippen molar-refractivity contribution >= 4 is 22.6 Å². The lowest BCUT2D eigenvalue weighted by Gasteiger charge is -2.31. The van der Waals surface area contributed by atoms with E-state index in [0.29, 0.717) is 39.1 Å². The molecule has 1 fully saturated rings. The first-order valence-electron chi connectivity index (χ1n) is 12.3. The van der Waals surface area contributed by atoms with Gasteiger partial charge in [-0.05, 0) is 59.5 Å². The maximum absolute atomic E-state index is 13.2. The van der Waals surface area contributed by atoms with Crippen LogP contribution in [0.4, 0.5) is 0 Å². The van der Waals surface area contributed by atoms with Crippen molar-refractivity contribution in [3.63, 3.8) is 0 Å². The van der Waals surface area contributed by atoms with Crippen molar-refractivity contribution in [3.05, 3.63) is 108 Å². The molecule has 2 heterocycles. The van der Waals surface area contributed by atoms with E-state index in [2.05, 4.69) is 10.3 Å². The maximum atomic E-state index is 13.2. The van der Waals surface area contributed by atoms with Crippen molar-refractivity contribution in [1.29, 1.82) is 0 Å². The van der Waals surface area contributed by atoms with Gasteiger partial charge >= 0.3 is 0 Å². The molecule has 0 aliphatic carbocycles. The monoisotopic (exact) mass is 479 g/mol. The Hall–Kier alpha value is -4.19. The van der Waals surface area contributed by atoms with E-state index in [4.69, 9.17) is 4.74 Å². The summed E-state index contributed by atoms with van der Waals surface area (Å²) in [5.74, 6) is 0.720. The largest absolute Gasteiger partial charge is 0.487 e. The highest BCUT2D eigenvalue weighted by Crippen LogP contribution is 2.24. The number of fused-ring (bicyclic) bond motifs is 1. The molecule has 0 unspecified atom stereocenters. The molecule has 0 saturated carbocycles. The first-order chi connectivity index (χ1) is 17.7. The van der Waals surface area contributed by atoms with Crippen LogP contribution in [0.3, 0.4) is 0 Å². The quantitative estimate of drug-likeness (QED) is 0.406. The zero-order chi connectivity index (χ0) is 24.7. The van der Waals surface area contributed by atoms with Gasteiger partial charge in [0.2, 0.25) is 5.91 Å². The molecule has 1 N–H and O–H groups in total. The Morgan fingerprint density at radius 3 is 2.53 bits per heavy atom. The molecule has 1 aromatic heterocycles. The summed E-state index contributed by atoms with van der Waals surface area (Å²) in [6, 6.07) is 27.2. The van der Waals surface area contributed by atoms with E-state index in [1.165, 1.54) is 0 Å². The van der Waals surface area contributed by atoms with E-state index >= 15 is 0 Å². The van der Waals surface area contributed by atoms with E-state index in [1.807, 2.05) is 89.8 Å². The first-order valence-corrected chi connectivity index (χ1v) is 12.3. The number of likely N-dealkylation sites (tertiary alicyclic amines) is 1. The van der Waals surface area contributed by atoms with Crippen molar-refractivity contribution in [2.45, 2.75) is 26.0 Å².